The molecule has 192 valence electrons. The number of nitrogens with two attached hydrogens (primary N) is 1. The zero-order valence-electron chi connectivity index (χ0n) is 20.3. The molecule has 5 rings (SSSR count). The van der Waals surface area contributed by atoms with Crippen molar-refractivity contribution < 1.29 is 14.2 Å². The molecule has 1 atom stereocenters. The smallest absolute Gasteiger partial charge is 0.141 e. The monoisotopic (exact) mass is 539 g/mol. The number of halogens is 2. The Morgan fingerprint density at radius 3 is 2.57 bits per heavy atom. The highest BCUT2D eigenvalue weighted by Gasteiger charge is 2.21. The van der Waals surface area contributed by atoms with Gasteiger partial charge in [-0.1, -0.05) is 35.3 Å². The molecule has 0 bridgehead atoms. The number of ether oxygens (including phenoxy) is 3. The molecule has 0 amide bonds. The van der Waals surface area contributed by atoms with Gasteiger partial charge in [0.25, 0.3) is 0 Å². The topological polar surface area (TPSA) is 119 Å². The van der Waals surface area contributed by atoms with E-state index >= 15 is 0 Å². The van der Waals surface area contributed by atoms with Crippen molar-refractivity contribution in [2.45, 2.75) is 19.0 Å². The van der Waals surface area contributed by atoms with E-state index in [0.29, 0.717) is 75.5 Å². The van der Waals surface area contributed by atoms with Crippen LogP contribution in [0.2, 0.25) is 10.0 Å². The molecule has 1 saturated heterocycles. The van der Waals surface area contributed by atoms with Gasteiger partial charge in [-0.15, -0.1) is 0 Å². The van der Waals surface area contributed by atoms with E-state index in [1.807, 2.05) is 30.3 Å². The SMILES string of the molecule is COc1cc(OC)c(Cl)c(-c2cc3cnc([N-]C4CCOC4)nc3c(NCc3cccc(N)c3)n2)c1Cl. The number of hydrogen-bond acceptors (Lipinski definition) is 8. The maximum atomic E-state index is 6.69. The molecule has 11 heteroatoms. The molecule has 37 heavy (non-hydrogen) atoms. The standard InChI is InChI=1S/C26H25Cl2N6O3/c1-35-19-10-20(36-2)23(28)21(22(19)27)18-9-15-12-31-26(32-17-6-7-37-13-17)34-24(15)25(33-18)30-11-14-4-3-5-16(29)8-14/h3-5,8-10,12,17H,6-7,11,13,29H2,1-2H3,(H-,30,31,32,33,34)/q-1. The number of nitrogens with one attached hydrogen (secondary N) is 1. The molecule has 4 aromatic rings. The first kappa shape index (κ1) is 25.1. The van der Waals surface area contributed by atoms with Crippen LogP contribution >= 0.6 is 23.2 Å². The van der Waals surface area contributed by atoms with Crippen molar-refractivity contribution in [3.8, 4) is 22.8 Å². The third-order valence-corrected chi connectivity index (χ3v) is 6.75. The quantitative estimate of drug-likeness (QED) is 0.261. The van der Waals surface area contributed by atoms with Gasteiger partial charge >= 0.3 is 0 Å². The molecule has 0 saturated carbocycles. The summed E-state index contributed by atoms with van der Waals surface area (Å²) in [7, 11) is 3.05. The lowest BCUT2D eigenvalue weighted by Gasteiger charge is -2.21. The highest BCUT2D eigenvalue weighted by molar-refractivity contribution is 6.41. The lowest BCUT2D eigenvalue weighted by Crippen LogP contribution is -2.07. The second-order valence-corrected chi connectivity index (χ2v) is 9.25. The number of methoxy groups -OCH3 is 2. The molecule has 3 heterocycles. The predicted molar refractivity (Wildman–Crippen MR) is 146 cm³/mol. The van der Waals surface area contributed by atoms with Crippen LogP contribution in [-0.4, -0.2) is 48.4 Å². The van der Waals surface area contributed by atoms with Gasteiger partial charge in [-0.3, -0.25) is 0 Å². The van der Waals surface area contributed by atoms with Crippen molar-refractivity contribution in [1.29, 1.82) is 0 Å². The van der Waals surface area contributed by atoms with Crippen molar-refractivity contribution in [2.24, 2.45) is 0 Å². The van der Waals surface area contributed by atoms with Crippen LogP contribution in [0.25, 0.3) is 27.5 Å². The van der Waals surface area contributed by atoms with Gasteiger partial charge in [-0.25, -0.2) is 4.98 Å². The summed E-state index contributed by atoms with van der Waals surface area (Å²) < 4.78 is 16.3. The Bertz CT molecular complexity index is 1420. The molecule has 1 aliphatic heterocycles. The summed E-state index contributed by atoms with van der Waals surface area (Å²) in [4.78, 5) is 14.1. The van der Waals surface area contributed by atoms with E-state index in [1.165, 1.54) is 14.2 Å². The minimum Gasteiger partial charge on any atom is -0.495 e. The van der Waals surface area contributed by atoms with E-state index < -0.39 is 0 Å². The summed E-state index contributed by atoms with van der Waals surface area (Å²) in [5, 5.41) is 9.39. The predicted octanol–water partition coefficient (Wildman–Crippen LogP) is 6.00. The van der Waals surface area contributed by atoms with Gasteiger partial charge in [-0.05, 0) is 41.8 Å². The molecular formula is C26H25Cl2N6O3-. The fraction of sp³-hybridized carbons (Fsp3) is 0.269. The number of nitrogen functional groups attached to an aromatic ring is 1. The van der Waals surface area contributed by atoms with Gasteiger partial charge in [-0.2, -0.15) is 0 Å². The van der Waals surface area contributed by atoms with E-state index in [-0.39, 0.29) is 6.04 Å². The summed E-state index contributed by atoms with van der Waals surface area (Å²) in [6, 6.07) is 11.1. The van der Waals surface area contributed by atoms with Crippen LogP contribution in [0.3, 0.4) is 0 Å². The fourth-order valence-electron chi connectivity index (χ4n) is 4.13. The van der Waals surface area contributed by atoms with Crippen molar-refractivity contribution in [3.05, 3.63) is 63.5 Å². The minimum atomic E-state index is 0.0373. The van der Waals surface area contributed by atoms with Crippen LogP contribution < -0.4 is 20.5 Å². The summed E-state index contributed by atoms with van der Waals surface area (Å²) in [6.07, 6.45) is 2.56. The molecule has 0 radical (unpaired) electrons. The van der Waals surface area contributed by atoms with Gasteiger partial charge in [0.1, 0.15) is 17.3 Å². The van der Waals surface area contributed by atoms with Crippen molar-refractivity contribution in [3.63, 3.8) is 0 Å². The molecule has 3 N–H and O–H groups in total. The second-order valence-electron chi connectivity index (χ2n) is 8.49. The van der Waals surface area contributed by atoms with Crippen molar-refractivity contribution in [1.82, 2.24) is 15.0 Å². The zero-order valence-corrected chi connectivity index (χ0v) is 21.8. The average molecular weight is 540 g/mol. The Morgan fingerprint density at radius 1 is 1.11 bits per heavy atom. The number of pyridine rings is 1. The van der Waals surface area contributed by atoms with Crippen LogP contribution in [0.5, 0.6) is 11.5 Å². The first-order valence-electron chi connectivity index (χ1n) is 11.6. The van der Waals surface area contributed by atoms with Gasteiger partial charge in [0, 0.05) is 48.0 Å². The van der Waals surface area contributed by atoms with Crippen molar-refractivity contribution in [2.75, 3.05) is 38.5 Å². The summed E-state index contributed by atoms with van der Waals surface area (Å²) in [5.41, 5.74) is 9.22. The summed E-state index contributed by atoms with van der Waals surface area (Å²) in [6.45, 7) is 1.71. The van der Waals surface area contributed by atoms with E-state index in [2.05, 4.69) is 15.6 Å². The molecule has 0 aliphatic carbocycles. The van der Waals surface area contributed by atoms with Crippen LogP contribution in [0.15, 0.2) is 42.6 Å². The number of hydrogen-bond donors (Lipinski definition) is 2. The summed E-state index contributed by atoms with van der Waals surface area (Å²) >= 11 is 13.4. The van der Waals surface area contributed by atoms with E-state index in [4.69, 9.17) is 53.1 Å². The fourth-order valence-corrected chi connectivity index (χ4v) is 4.82. The Kier molecular flexibility index (Phi) is 7.36. The average Bonchev–Trinajstić information content (AvgIpc) is 3.41. The third kappa shape index (κ3) is 5.29. The largest absolute Gasteiger partial charge is 0.495 e. The molecule has 1 unspecified atom stereocenters. The highest BCUT2D eigenvalue weighted by Crippen LogP contribution is 2.46. The molecule has 0 spiro atoms. The van der Waals surface area contributed by atoms with E-state index in [9.17, 15) is 0 Å². The van der Waals surface area contributed by atoms with Gasteiger partial charge < -0.3 is 40.5 Å². The van der Waals surface area contributed by atoms with Crippen LogP contribution in [0, 0.1) is 0 Å². The minimum absolute atomic E-state index is 0.0373. The third-order valence-electron chi connectivity index (χ3n) is 6.00. The first-order valence-corrected chi connectivity index (χ1v) is 12.4. The van der Waals surface area contributed by atoms with Gasteiger partial charge in [0.05, 0.1) is 36.6 Å². The molecule has 9 nitrogen and oxygen atoms in total. The molecule has 2 aromatic heterocycles. The zero-order chi connectivity index (χ0) is 25.9. The number of fused-ring (bicyclic) bond motifs is 1. The molecule has 1 aliphatic rings. The lowest BCUT2D eigenvalue weighted by molar-refractivity contribution is 0.196. The Balaban J connectivity index is 1.62. The van der Waals surface area contributed by atoms with Crippen LogP contribution in [0.1, 0.15) is 12.0 Å². The molecule has 1 fully saturated rings. The second kappa shape index (κ2) is 10.8. The molecule has 2 aromatic carbocycles. The van der Waals surface area contributed by atoms with Crippen molar-refractivity contribution >= 4 is 51.6 Å². The number of rotatable bonds is 8. The Labute approximate surface area is 224 Å². The highest BCUT2D eigenvalue weighted by atomic mass is 35.5. The van der Waals surface area contributed by atoms with Gasteiger partial charge in [0.15, 0.2) is 0 Å². The summed E-state index contributed by atoms with van der Waals surface area (Å²) in [5.74, 6) is 1.73. The Morgan fingerprint density at radius 2 is 1.89 bits per heavy atom. The lowest BCUT2D eigenvalue weighted by atomic mass is 10.1. The maximum Gasteiger partial charge on any atom is 0.141 e. The van der Waals surface area contributed by atoms with E-state index in [1.54, 1.807) is 12.3 Å². The maximum absolute atomic E-state index is 6.69. The van der Waals surface area contributed by atoms with Gasteiger partial charge in [0.2, 0.25) is 0 Å². The van der Waals surface area contributed by atoms with Crippen LogP contribution in [0.4, 0.5) is 17.5 Å². The van der Waals surface area contributed by atoms with Crippen LogP contribution in [-0.2, 0) is 11.3 Å². The number of aromatic nitrogens is 3. The molecular weight excluding hydrogens is 515 g/mol. The number of nitrogens with zero attached hydrogens (tertiary/aromatic N) is 4. The Hall–Kier alpha value is -3.53. The normalized spacial score (nSPS) is 15.1. The number of benzene rings is 2. The number of anilines is 2. The van der Waals surface area contributed by atoms with E-state index in [0.717, 1.165) is 17.4 Å². The first-order chi connectivity index (χ1) is 18.0.